The fourth-order valence-corrected chi connectivity index (χ4v) is 3.17. The van der Waals surface area contributed by atoms with Crippen LogP contribution < -0.4 is 10.6 Å². The number of benzene rings is 1. The second-order valence-electron chi connectivity index (χ2n) is 7.66. The van der Waals surface area contributed by atoms with Gasteiger partial charge in [-0.05, 0) is 52.2 Å². The molecule has 7 heteroatoms. The number of hydrogen-bond acceptors (Lipinski definition) is 4. The molecule has 27 heavy (non-hydrogen) atoms. The molecule has 7 nitrogen and oxygen atoms in total. The Labute approximate surface area is 158 Å². The zero-order chi connectivity index (χ0) is 19.6. The standard InChI is InChI=1S/C20H23N5O2/c1-20(2,3)24-18(26)16-15-10-6-7-11-25(15)17(23-16)19(27)22-14-9-5-4-8-13(14)12-21/h4-5,8-9H,6-7,10-11H2,1-3H3,(H,22,27)(H,24,26). The van der Waals surface area contributed by atoms with Crippen molar-refractivity contribution < 1.29 is 9.59 Å². The number of hydrogen-bond donors (Lipinski definition) is 2. The first-order valence-electron chi connectivity index (χ1n) is 9.02. The van der Waals surface area contributed by atoms with Crippen LogP contribution in [0.25, 0.3) is 0 Å². The van der Waals surface area contributed by atoms with Crippen molar-refractivity contribution in [3.63, 3.8) is 0 Å². The van der Waals surface area contributed by atoms with Crippen molar-refractivity contribution in [2.45, 2.75) is 52.1 Å². The van der Waals surface area contributed by atoms with E-state index in [-0.39, 0.29) is 11.7 Å². The fourth-order valence-electron chi connectivity index (χ4n) is 3.17. The van der Waals surface area contributed by atoms with Gasteiger partial charge in [0, 0.05) is 12.1 Å². The summed E-state index contributed by atoms with van der Waals surface area (Å²) in [5.41, 5.74) is 1.52. The van der Waals surface area contributed by atoms with Gasteiger partial charge in [0.05, 0.1) is 16.9 Å². The predicted molar refractivity (Wildman–Crippen MR) is 101 cm³/mol. The first-order valence-corrected chi connectivity index (χ1v) is 9.02. The van der Waals surface area contributed by atoms with Crippen LogP contribution >= 0.6 is 0 Å². The highest BCUT2D eigenvalue weighted by Crippen LogP contribution is 2.23. The monoisotopic (exact) mass is 365 g/mol. The number of fused-ring (bicyclic) bond motifs is 1. The van der Waals surface area contributed by atoms with Crippen molar-refractivity contribution in [1.29, 1.82) is 5.26 Å². The van der Waals surface area contributed by atoms with Crippen molar-refractivity contribution in [3.05, 3.63) is 47.0 Å². The number of nitriles is 1. The zero-order valence-corrected chi connectivity index (χ0v) is 15.8. The Kier molecular flexibility index (Phi) is 5.00. The average molecular weight is 365 g/mol. The minimum absolute atomic E-state index is 0.205. The maximum atomic E-state index is 12.8. The lowest BCUT2D eigenvalue weighted by Gasteiger charge is -2.21. The Morgan fingerprint density at radius 2 is 1.93 bits per heavy atom. The van der Waals surface area contributed by atoms with Crippen LogP contribution in [0.2, 0.25) is 0 Å². The molecule has 0 saturated carbocycles. The largest absolute Gasteiger partial charge is 0.346 e. The molecular weight excluding hydrogens is 342 g/mol. The van der Waals surface area contributed by atoms with Gasteiger partial charge in [-0.2, -0.15) is 5.26 Å². The number of rotatable bonds is 3. The minimum atomic E-state index is -0.421. The van der Waals surface area contributed by atoms with Crippen LogP contribution in [0.15, 0.2) is 24.3 Å². The molecule has 0 spiro atoms. The quantitative estimate of drug-likeness (QED) is 0.873. The number of para-hydroxylation sites is 1. The van der Waals surface area contributed by atoms with E-state index in [0.717, 1.165) is 18.5 Å². The van der Waals surface area contributed by atoms with Gasteiger partial charge in [0.25, 0.3) is 11.8 Å². The Hall–Kier alpha value is -3.14. The summed E-state index contributed by atoms with van der Waals surface area (Å²) in [5.74, 6) is -0.489. The van der Waals surface area contributed by atoms with Crippen molar-refractivity contribution in [2.75, 3.05) is 5.32 Å². The molecule has 0 bridgehead atoms. The summed E-state index contributed by atoms with van der Waals surface area (Å²) >= 11 is 0. The molecule has 1 aliphatic rings. The smallest absolute Gasteiger partial charge is 0.291 e. The van der Waals surface area contributed by atoms with E-state index in [0.29, 0.717) is 29.9 Å². The number of amides is 2. The third-order valence-corrected chi connectivity index (χ3v) is 4.32. The Morgan fingerprint density at radius 3 is 2.63 bits per heavy atom. The Morgan fingerprint density at radius 1 is 1.19 bits per heavy atom. The van der Waals surface area contributed by atoms with Gasteiger partial charge in [0.1, 0.15) is 11.8 Å². The van der Waals surface area contributed by atoms with Gasteiger partial charge in [-0.25, -0.2) is 4.98 Å². The van der Waals surface area contributed by atoms with E-state index < -0.39 is 11.4 Å². The molecule has 0 fully saturated rings. The lowest BCUT2D eigenvalue weighted by atomic mass is 10.1. The normalized spacial score (nSPS) is 13.4. The van der Waals surface area contributed by atoms with E-state index >= 15 is 0 Å². The van der Waals surface area contributed by atoms with Gasteiger partial charge >= 0.3 is 0 Å². The maximum absolute atomic E-state index is 12.8. The summed E-state index contributed by atoms with van der Waals surface area (Å²) in [7, 11) is 0. The molecule has 1 aliphatic heterocycles. The lowest BCUT2D eigenvalue weighted by Crippen LogP contribution is -2.41. The molecule has 2 N–H and O–H groups in total. The second-order valence-corrected chi connectivity index (χ2v) is 7.66. The number of aromatic nitrogens is 2. The average Bonchev–Trinajstić information content (AvgIpc) is 3.01. The van der Waals surface area contributed by atoms with Gasteiger partial charge in [-0.15, -0.1) is 0 Å². The van der Waals surface area contributed by atoms with E-state index in [2.05, 4.69) is 21.7 Å². The van der Waals surface area contributed by atoms with Gasteiger partial charge in [-0.1, -0.05) is 12.1 Å². The molecular formula is C20H23N5O2. The summed E-state index contributed by atoms with van der Waals surface area (Å²) in [5, 5.41) is 14.9. The van der Waals surface area contributed by atoms with Gasteiger partial charge in [0.15, 0.2) is 5.82 Å². The lowest BCUT2D eigenvalue weighted by molar-refractivity contribution is 0.0913. The molecule has 0 atom stereocenters. The van der Waals surface area contributed by atoms with Crippen LogP contribution in [-0.4, -0.2) is 26.9 Å². The summed E-state index contributed by atoms with van der Waals surface area (Å²) in [4.78, 5) is 29.9. The fraction of sp³-hybridized carbons (Fsp3) is 0.400. The summed E-state index contributed by atoms with van der Waals surface area (Å²) in [6.07, 6.45) is 2.60. The van der Waals surface area contributed by atoms with Crippen LogP contribution in [0.1, 0.15) is 66.0 Å². The first-order chi connectivity index (χ1) is 12.8. The molecule has 0 radical (unpaired) electrons. The summed E-state index contributed by atoms with van der Waals surface area (Å²) in [6, 6.07) is 8.85. The molecule has 1 aromatic carbocycles. The number of anilines is 1. The van der Waals surface area contributed by atoms with E-state index in [1.54, 1.807) is 24.3 Å². The number of nitrogens with one attached hydrogen (secondary N) is 2. The third-order valence-electron chi connectivity index (χ3n) is 4.32. The highest BCUT2D eigenvalue weighted by Gasteiger charge is 2.29. The number of carbonyl (C=O) groups excluding carboxylic acids is 2. The molecule has 3 rings (SSSR count). The maximum Gasteiger partial charge on any atom is 0.291 e. The van der Waals surface area contributed by atoms with Gasteiger partial charge in [0.2, 0.25) is 0 Å². The number of nitrogens with zero attached hydrogens (tertiary/aromatic N) is 3. The van der Waals surface area contributed by atoms with E-state index in [1.165, 1.54) is 0 Å². The Balaban J connectivity index is 1.95. The molecule has 0 unspecified atom stereocenters. The van der Waals surface area contributed by atoms with E-state index in [9.17, 15) is 14.9 Å². The van der Waals surface area contributed by atoms with Crippen LogP contribution in [0.5, 0.6) is 0 Å². The van der Waals surface area contributed by atoms with E-state index in [1.807, 2.05) is 25.3 Å². The Bertz CT molecular complexity index is 931. The first kappa shape index (κ1) is 18.6. The van der Waals surface area contributed by atoms with Crippen LogP contribution in [0.3, 0.4) is 0 Å². The molecule has 140 valence electrons. The summed E-state index contributed by atoms with van der Waals surface area (Å²) in [6.45, 7) is 6.35. The number of carbonyl (C=O) groups is 2. The molecule has 0 saturated heterocycles. The minimum Gasteiger partial charge on any atom is -0.346 e. The zero-order valence-electron chi connectivity index (χ0n) is 15.8. The van der Waals surface area contributed by atoms with Crippen molar-refractivity contribution >= 4 is 17.5 Å². The molecule has 2 amide bonds. The van der Waals surface area contributed by atoms with Crippen LogP contribution in [0.4, 0.5) is 5.69 Å². The SMILES string of the molecule is CC(C)(C)NC(=O)c1nc(C(=O)Nc2ccccc2C#N)n2c1CCCC2. The highest BCUT2D eigenvalue weighted by atomic mass is 16.2. The molecule has 2 aromatic rings. The van der Waals surface area contributed by atoms with Gasteiger partial charge in [-0.3, -0.25) is 9.59 Å². The van der Waals surface area contributed by atoms with Crippen molar-refractivity contribution in [1.82, 2.24) is 14.9 Å². The second kappa shape index (κ2) is 7.23. The summed E-state index contributed by atoms with van der Waals surface area (Å²) < 4.78 is 1.82. The van der Waals surface area contributed by atoms with Crippen LogP contribution in [0, 0.1) is 11.3 Å². The third kappa shape index (κ3) is 4.00. The number of imidazole rings is 1. The van der Waals surface area contributed by atoms with Crippen molar-refractivity contribution in [3.8, 4) is 6.07 Å². The van der Waals surface area contributed by atoms with Crippen molar-refractivity contribution in [2.24, 2.45) is 0 Å². The van der Waals surface area contributed by atoms with Crippen LogP contribution in [-0.2, 0) is 13.0 Å². The highest BCUT2D eigenvalue weighted by molar-refractivity contribution is 6.04. The molecule has 0 aliphatic carbocycles. The topological polar surface area (TPSA) is 99.8 Å². The predicted octanol–water partition coefficient (Wildman–Crippen LogP) is 2.87. The van der Waals surface area contributed by atoms with E-state index in [4.69, 9.17) is 0 Å². The molecule has 1 aromatic heterocycles. The van der Waals surface area contributed by atoms with Gasteiger partial charge < -0.3 is 15.2 Å². The molecule has 2 heterocycles.